The molecule has 0 fully saturated rings. The smallest absolute Gasteiger partial charge is 0.462 e. The molecule has 6 atom stereocenters. The zero-order valence-corrected chi connectivity index (χ0v) is 73.1. The van der Waals surface area contributed by atoms with Crippen LogP contribution in [-0.2, 0) is 65.4 Å². The summed E-state index contributed by atoms with van der Waals surface area (Å²) in [6.45, 7) is 12.0. The predicted octanol–water partition coefficient (Wildman–Crippen LogP) is 27.3. The molecule has 0 aliphatic rings. The van der Waals surface area contributed by atoms with Gasteiger partial charge in [0, 0.05) is 25.7 Å². The van der Waals surface area contributed by atoms with Crippen molar-refractivity contribution < 1.29 is 80.2 Å². The van der Waals surface area contributed by atoms with Crippen LogP contribution in [0, 0.1) is 17.8 Å². The fourth-order valence-electron chi connectivity index (χ4n) is 13.9. The summed E-state index contributed by atoms with van der Waals surface area (Å²) in [5, 5.41) is 10.7. The zero-order chi connectivity index (χ0) is 79.3. The van der Waals surface area contributed by atoms with Gasteiger partial charge in [-0.25, -0.2) is 9.13 Å². The summed E-state index contributed by atoms with van der Waals surface area (Å²) < 4.78 is 69.0. The van der Waals surface area contributed by atoms with Crippen LogP contribution >= 0.6 is 15.6 Å². The fourth-order valence-corrected chi connectivity index (χ4v) is 15.4. The highest BCUT2D eigenvalue weighted by Crippen LogP contribution is 2.45. The molecule has 0 spiro atoms. The second-order valence-corrected chi connectivity index (χ2v) is 36.1. The normalized spacial score (nSPS) is 14.1. The van der Waals surface area contributed by atoms with Crippen LogP contribution in [0.15, 0.2) is 0 Å². The van der Waals surface area contributed by atoms with Crippen molar-refractivity contribution in [1.29, 1.82) is 0 Å². The number of phosphoric ester groups is 2. The molecule has 0 aromatic carbocycles. The molecule has 19 heteroatoms. The van der Waals surface area contributed by atoms with Gasteiger partial charge in [-0.15, -0.1) is 0 Å². The standard InChI is InChI=1S/C89H174O17P2/c1-8-10-11-12-13-14-15-16-17-18-19-20-21-25-28-31-36-41-49-56-63-70-86(91)99-76-84(105-88(93)72-65-58-51-42-37-32-29-26-23-22-24-27-30-34-39-46-53-60-67-80(3)4)78-103-107(95,96)101-74-83(90)75-102-108(97,98)104-79-85(77-100-87(92)71-64-57-50-45-44-48-55-62-69-82(7)9-2)106-89(94)73-66-59-52-43-38-33-35-40-47-54-61-68-81(5)6/h80-85,90H,8-79H2,1-7H3,(H,95,96)(H,97,98)/t82?,83-,84-,85-/m1/s1. The summed E-state index contributed by atoms with van der Waals surface area (Å²) in [6, 6.07) is 0. The maximum absolute atomic E-state index is 13.2. The highest BCUT2D eigenvalue weighted by atomic mass is 31.2. The second kappa shape index (κ2) is 78.9. The van der Waals surface area contributed by atoms with Crippen molar-refractivity contribution in [1.82, 2.24) is 0 Å². The number of phosphoric acid groups is 2. The van der Waals surface area contributed by atoms with E-state index < -0.39 is 97.5 Å². The summed E-state index contributed by atoms with van der Waals surface area (Å²) in [5.74, 6) is 0.261. The van der Waals surface area contributed by atoms with Gasteiger partial charge in [0.2, 0.25) is 0 Å². The van der Waals surface area contributed by atoms with Crippen molar-refractivity contribution in [2.45, 2.75) is 491 Å². The summed E-state index contributed by atoms with van der Waals surface area (Å²) in [5.41, 5.74) is 0. The third kappa shape index (κ3) is 80.7. The Morgan fingerprint density at radius 3 is 0.704 bits per heavy atom. The molecule has 0 aliphatic carbocycles. The molecular formula is C89H174O17P2. The number of ether oxygens (including phenoxy) is 4. The number of aliphatic hydroxyl groups excluding tert-OH is 1. The van der Waals surface area contributed by atoms with Gasteiger partial charge in [0.15, 0.2) is 12.2 Å². The molecule has 0 aliphatic heterocycles. The molecule has 3 unspecified atom stereocenters. The molecule has 0 aromatic rings. The lowest BCUT2D eigenvalue weighted by Gasteiger charge is -2.21. The van der Waals surface area contributed by atoms with Crippen molar-refractivity contribution in [2.24, 2.45) is 17.8 Å². The average Bonchev–Trinajstić information content (AvgIpc) is 0.898. The molecule has 0 bridgehead atoms. The summed E-state index contributed by atoms with van der Waals surface area (Å²) in [6.07, 6.45) is 70.9. The van der Waals surface area contributed by atoms with Crippen LogP contribution in [-0.4, -0.2) is 96.7 Å². The molecule has 17 nitrogen and oxygen atoms in total. The minimum absolute atomic E-state index is 0.106. The van der Waals surface area contributed by atoms with Gasteiger partial charge in [-0.3, -0.25) is 37.3 Å². The van der Waals surface area contributed by atoms with E-state index >= 15 is 0 Å². The fraction of sp³-hybridized carbons (Fsp3) is 0.955. The van der Waals surface area contributed by atoms with Crippen molar-refractivity contribution in [3.63, 3.8) is 0 Å². The number of unbranched alkanes of at least 4 members (excludes halogenated alkanes) is 54. The Hall–Kier alpha value is -1.94. The largest absolute Gasteiger partial charge is 0.472 e. The average molecular weight is 1580 g/mol. The van der Waals surface area contributed by atoms with E-state index in [4.69, 9.17) is 37.0 Å². The number of esters is 4. The van der Waals surface area contributed by atoms with E-state index in [9.17, 15) is 43.2 Å². The topological polar surface area (TPSA) is 237 Å². The van der Waals surface area contributed by atoms with E-state index in [-0.39, 0.29) is 25.7 Å². The molecule has 3 N–H and O–H groups in total. The van der Waals surface area contributed by atoms with Crippen molar-refractivity contribution in [2.75, 3.05) is 39.6 Å². The number of aliphatic hydroxyl groups is 1. The molecule has 108 heavy (non-hydrogen) atoms. The van der Waals surface area contributed by atoms with Crippen LogP contribution in [0.4, 0.5) is 0 Å². The van der Waals surface area contributed by atoms with E-state index in [0.717, 1.165) is 108 Å². The van der Waals surface area contributed by atoms with Crippen LogP contribution < -0.4 is 0 Å². The van der Waals surface area contributed by atoms with Gasteiger partial charge in [0.1, 0.15) is 19.3 Å². The highest BCUT2D eigenvalue weighted by Gasteiger charge is 2.31. The lowest BCUT2D eigenvalue weighted by atomic mass is 9.99. The lowest BCUT2D eigenvalue weighted by Crippen LogP contribution is -2.30. The van der Waals surface area contributed by atoms with E-state index in [1.807, 2.05) is 0 Å². The molecule has 0 aromatic heterocycles. The molecule has 0 rings (SSSR count). The van der Waals surface area contributed by atoms with E-state index in [1.54, 1.807) is 0 Å². The van der Waals surface area contributed by atoms with Gasteiger partial charge >= 0.3 is 39.5 Å². The van der Waals surface area contributed by atoms with Gasteiger partial charge in [-0.05, 0) is 43.4 Å². The molecule has 0 saturated carbocycles. The lowest BCUT2D eigenvalue weighted by molar-refractivity contribution is -0.161. The molecule has 642 valence electrons. The Morgan fingerprint density at radius 1 is 0.269 bits per heavy atom. The Balaban J connectivity index is 5.24. The van der Waals surface area contributed by atoms with Crippen molar-refractivity contribution in [3.8, 4) is 0 Å². The van der Waals surface area contributed by atoms with Gasteiger partial charge < -0.3 is 33.8 Å². The van der Waals surface area contributed by atoms with Crippen LogP contribution in [0.5, 0.6) is 0 Å². The Bertz CT molecular complexity index is 2080. The van der Waals surface area contributed by atoms with E-state index in [2.05, 4.69) is 48.5 Å². The number of hydrogen-bond donors (Lipinski definition) is 3. The first-order chi connectivity index (χ1) is 52.3. The molecule has 0 radical (unpaired) electrons. The number of rotatable bonds is 87. The molecule has 0 amide bonds. The van der Waals surface area contributed by atoms with Crippen LogP contribution in [0.3, 0.4) is 0 Å². The minimum Gasteiger partial charge on any atom is -0.462 e. The van der Waals surface area contributed by atoms with Gasteiger partial charge in [0.25, 0.3) is 0 Å². The molecule has 0 heterocycles. The van der Waals surface area contributed by atoms with E-state index in [0.29, 0.717) is 25.7 Å². The summed E-state index contributed by atoms with van der Waals surface area (Å²) in [4.78, 5) is 73.3. The highest BCUT2D eigenvalue weighted by molar-refractivity contribution is 7.47. The number of hydrogen-bond acceptors (Lipinski definition) is 15. The number of carbonyl (C=O) groups excluding carboxylic acids is 4. The number of carbonyl (C=O) groups is 4. The first kappa shape index (κ1) is 106. The van der Waals surface area contributed by atoms with Gasteiger partial charge in [0.05, 0.1) is 26.4 Å². The Kier molecular flexibility index (Phi) is 77.5. The first-order valence-corrected chi connectivity index (χ1v) is 48.9. The zero-order valence-electron chi connectivity index (χ0n) is 71.3. The van der Waals surface area contributed by atoms with Gasteiger partial charge in [-0.2, -0.15) is 0 Å². The van der Waals surface area contributed by atoms with Crippen molar-refractivity contribution >= 4 is 39.5 Å². The SMILES string of the molecule is CCCCCCCCCCCCCCCCCCCCCCCC(=O)OC[C@H](COP(=O)(O)OC[C@@H](O)COP(=O)(O)OC[C@@H](COC(=O)CCCCCCCCCCC(C)CC)OC(=O)CCCCCCCCCCCCCC(C)C)OC(=O)CCCCCCCCCCCCCCCCCCCCC(C)C. The molecular weight excluding hydrogens is 1400 g/mol. The third-order valence-electron chi connectivity index (χ3n) is 21.2. The van der Waals surface area contributed by atoms with Crippen LogP contribution in [0.25, 0.3) is 0 Å². The van der Waals surface area contributed by atoms with Crippen LogP contribution in [0.1, 0.15) is 472 Å². The van der Waals surface area contributed by atoms with Crippen LogP contribution in [0.2, 0.25) is 0 Å². The van der Waals surface area contributed by atoms with Crippen molar-refractivity contribution in [3.05, 3.63) is 0 Å². The predicted molar refractivity (Wildman–Crippen MR) is 446 cm³/mol. The first-order valence-electron chi connectivity index (χ1n) is 45.9. The third-order valence-corrected chi connectivity index (χ3v) is 23.1. The quantitative estimate of drug-likeness (QED) is 0.0222. The molecule has 0 saturated heterocycles. The summed E-state index contributed by atoms with van der Waals surface area (Å²) >= 11 is 0. The Morgan fingerprint density at radius 2 is 0.472 bits per heavy atom. The Labute approximate surface area is 664 Å². The second-order valence-electron chi connectivity index (χ2n) is 33.2. The monoisotopic (exact) mass is 1580 g/mol. The summed E-state index contributed by atoms with van der Waals surface area (Å²) in [7, 11) is -9.93. The van der Waals surface area contributed by atoms with Gasteiger partial charge in [-0.1, -0.05) is 421 Å². The minimum atomic E-state index is -4.97. The maximum atomic E-state index is 13.2. The maximum Gasteiger partial charge on any atom is 0.472 e. The van der Waals surface area contributed by atoms with E-state index in [1.165, 1.54) is 283 Å².